The summed E-state index contributed by atoms with van der Waals surface area (Å²) >= 11 is 14.2. The molecule has 9 heteroatoms. The predicted octanol–water partition coefficient (Wildman–Crippen LogP) is 8.70. The molecule has 0 aliphatic carbocycles. The van der Waals surface area contributed by atoms with E-state index in [-0.39, 0.29) is 5.57 Å². The van der Waals surface area contributed by atoms with Crippen LogP contribution in [0, 0.1) is 14.9 Å². The minimum Gasteiger partial charge on any atom is -0.490 e. The molecular formula is C32H25Cl2IN2O4. The van der Waals surface area contributed by atoms with Gasteiger partial charge in [-0.25, -0.2) is 0 Å². The van der Waals surface area contributed by atoms with Crippen LogP contribution in [0.15, 0.2) is 90.5 Å². The molecule has 0 radical (unpaired) electrons. The van der Waals surface area contributed by atoms with Crippen LogP contribution in [0.2, 0.25) is 10.0 Å². The van der Waals surface area contributed by atoms with Crippen molar-refractivity contribution in [1.29, 1.82) is 5.26 Å². The summed E-state index contributed by atoms with van der Waals surface area (Å²) in [6.07, 6.45) is 1.52. The molecule has 1 N–H and O–H groups in total. The molecule has 0 saturated heterocycles. The highest BCUT2D eigenvalue weighted by molar-refractivity contribution is 14.1. The molecule has 0 aliphatic heterocycles. The summed E-state index contributed by atoms with van der Waals surface area (Å²) in [6.45, 7) is 2.99. The summed E-state index contributed by atoms with van der Waals surface area (Å²) in [4.78, 5) is 12.9. The molecule has 0 spiro atoms. The highest BCUT2D eigenvalue weighted by Gasteiger charge is 2.15. The van der Waals surface area contributed by atoms with Crippen molar-refractivity contribution in [2.45, 2.75) is 20.1 Å². The Labute approximate surface area is 262 Å². The van der Waals surface area contributed by atoms with E-state index in [4.69, 9.17) is 37.4 Å². The van der Waals surface area contributed by atoms with Crippen molar-refractivity contribution in [3.8, 4) is 23.3 Å². The van der Waals surface area contributed by atoms with Crippen molar-refractivity contribution in [3.05, 3.63) is 121 Å². The zero-order valence-electron chi connectivity index (χ0n) is 22.0. The van der Waals surface area contributed by atoms with Gasteiger partial charge in [-0.3, -0.25) is 4.79 Å². The molecule has 0 heterocycles. The first-order valence-corrected chi connectivity index (χ1v) is 14.4. The second-order valence-electron chi connectivity index (χ2n) is 8.75. The number of anilines is 1. The molecule has 4 aromatic rings. The first-order valence-electron chi connectivity index (χ1n) is 12.6. The van der Waals surface area contributed by atoms with Gasteiger partial charge in [-0.1, -0.05) is 47.5 Å². The third kappa shape index (κ3) is 8.89. The number of benzene rings is 4. The Kier molecular flexibility index (Phi) is 10.9. The maximum atomic E-state index is 12.9. The number of nitrogens with one attached hydrogen (secondary N) is 1. The number of carbonyl (C=O) groups excluding carboxylic acids is 1. The van der Waals surface area contributed by atoms with Gasteiger partial charge >= 0.3 is 0 Å². The van der Waals surface area contributed by atoms with Crippen LogP contribution in [-0.4, -0.2) is 12.5 Å². The van der Waals surface area contributed by atoms with Crippen LogP contribution in [0.3, 0.4) is 0 Å². The normalized spacial score (nSPS) is 11.0. The van der Waals surface area contributed by atoms with Gasteiger partial charge < -0.3 is 19.5 Å². The Morgan fingerprint density at radius 3 is 2.32 bits per heavy atom. The molecule has 0 atom stereocenters. The van der Waals surface area contributed by atoms with Crippen LogP contribution in [0.25, 0.3) is 6.08 Å². The molecule has 0 saturated carbocycles. The van der Waals surface area contributed by atoms with Crippen LogP contribution < -0.4 is 19.5 Å². The first-order chi connectivity index (χ1) is 19.8. The minimum absolute atomic E-state index is 0.0566. The van der Waals surface area contributed by atoms with Gasteiger partial charge in [0.2, 0.25) is 0 Å². The van der Waals surface area contributed by atoms with Crippen LogP contribution >= 0.6 is 45.8 Å². The van der Waals surface area contributed by atoms with Crippen molar-refractivity contribution >= 4 is 63.5 Å². The number of amides is 1. The molecule has 208 valence electrons. The number of nitriles is 1. The third-order valence-corrected chi connectivity index (χ3v) is 7.00. The average Bonchev–Trinajstić information content (AvgIpc) is 2.96. The van der Waals surface area contributed by atoms with Gasteiger partial charge in [-0.2, -0.15) is 5.26 Å². The maximum Gasteiger partial charge on any atom is 0.266 e. The fraction of sp³-hybridized carbons (Fsp3) is 0.125. The lowest BCUT2D eigenvalue weighted by Crippen LogP contribution is -2.13. The molecule has 0 aliphatic rings. The highest BCUT2D eigenvalue weighted by atomic mass is 127. The van der Waals surface area contributed by atoms with E-state index in [0.29, 0.717) is 58.4 Å². The zero-order valence-corrected chi connectivity index (χ0v) is 25.7. The molecule has 0 unspecified atom stereocenters. The quantitative estimate of drug-likeness (QED) is 0.0963. The monoisotopic (exact) mass is 698 g/mol. The summed E-state index contributed by atoms with van der Waals surface area (Å²) in [5.74, 6) is 1.20. The van der Waals surface area contributed by atoms with E-state index >= 15 is 0 Å². The summed E-state index contributed by atoms with van der Waals surface area (Å²) in [7, 11) is 0. The second kappa shape index (κ2) is 14.8. The number of carbonyl (C=O) groups is 1. The number of hydrogen-bond acceptors (Lipinski definition) is 5. The van der Waals surface area contributed by atoms with Crippen LogP contribution in [-0.2, 0) is 18.0 Å². The summed E-state index contributed by atoms with van der Waals surface area (Å²) in [5.41, 5.74) is 3.01. The highest BCUT2D eigenvalue weighted by Crippen LogP contribution is 2.36. The molecule has 4 aromatic carbocycles. The molecule has 0 fully saturated rings. The van der Waals surface area contributed by atoms with Crippen molar-refractivity contribution in [2.24, 2.45) is 0 Å². The van der Waals surface area contributed by atoms with E-state index in [1.54, 1.807) is 36.4 Å². The predicted molar refractivity (Wildman–Crippen MR) is 171 cm³/mol. The van der Waals surface area contributed by atoms with E-state index in [0.717, 1.165) is 14.7 Å². The van der Waals surface area contributed by atoms with Gasteiger partial charge in [0.05, 0.1) is 10.2 Å². The molecule has 0 bridgehead atoms. The summed E-state index contributed by atoms with van der Waals surface area (Å²) in [5, 5.41) is 13.8. The Morgan fingerprint density at radius 2 is 1.63 bits per heavy atom. The van der Waals surface area contributed by atoms with Crippen LogP contribution in [0.5, 0.6) is 17.2 Å². The Balaban J connectivity index is 1.43. The van der Waals surface area contributed by atoms with E-state index in [2.05, 4.69) is 27.9 Å². The lowest BCUT2D eigenvalue weighted by molar-refractivity contribution is -0.112. The van der Waals surface area contributed by atoms with Crippen molar-refractivity contribution in [1.82, 2.24) is 0 Å². The fourth-order valence-electron chi connectivity index (χ4n) is 3.75. The van der Waals surface area contributed by atoms with Crippen molar-refractivity contribution in [2.75, 3.05) is 11.9 Å². The van der Waals surface area contributed by atoms with Gasteiger partial charge in [-0.15, -0.1) is 0 Å². The van der Waals surface area contributed by atoms with Crippen molar-refractivity contribution in [3.63, 3.8) is 0 Å². The minimum atomic E-state index is -0.531. The van der Waals surface area contributed by atoms with Gasteiger partial charge in [0.25, 0.3) is 5.91 Å². The molecule has 4 rings (SSSR count). The zero-order chi connectivity index (χ0) is 29.2. The molecule has 1 amide bonds. The Bertz CT molecular complexity index is 1580. The Morgan fingerprint density at radius 1 is 0.902 bits per heavy atom. The smallest absolute Gasteiger partial charge is 0.266 e. The molecule has 6 nitrogen and oxygen atoms in total. The molecular weight excluding hydrogens is 674 g/mol. The van der Waals surface area contributed by atoms with E-state index in [1.165, 1.54) is 6.08 Å². The van der Waals surface area contributed by atoms with Gasteiger partial charge in [-0.05, 0) is 113 Å². The fourth-order valence-corrected chi connectivity index (χ4v) is 4.87. The molecule has 0 aromatic heterocycles. The Hall–Kier alpha value is -3.71. The summed E-state index contributed by atoms with van der Waals surface area (Å²) < 4.78 is 18.4. The van der Waals surface area contributed by atoms with Gasteiger partial charge in [0.15, 0.2) is 11.5 Å². The standard InChI is InChI=1S/C32H25Cl2IN2O4/c1-2-39-30-17-23(16-29(35)31(30)41-20-22-4-3-5-26(34)15-22)14-24(18-36)32(38)37-27-10-12-28(13-11-27)40-19-21-6-8-25(33)9-7-21/h3-17H,2,19-20H2,1H3,(H,37,38)/b24-14+. The maximum absolute atomic E-state index is 12.9. The number of hydrogen-bond donors (Lipinski definition) is 1. The van der Waals surface area contributed by atoms with Crippen LogP contribution in [0.1, 0.15) is 23.6 Å². The van der Waals surface area contributed by atoms with Gasteiger partial charge in [0, 0.05) is 15.7 Å². The van der Waals surface area contributed by atoms with Crippen LogP contribution in [0.4, 0.5) is 5.69 Å². The second-order valence-corrected chi connectivity index (χ2v) is 10.8. The number of rotatable bonds is 11. The number of ether oxygens (including phenoxy) is 3. The lowest BCUT2D eigenvalue weighted by atomic mass is 10.1. The largest absolute Gasteiger partial charge is 0.490 e. The van der Waals surface area contributed by atoms with E-state index in [9.17, 15) is 10.1 Å². The number of nitrogens with zero attached hydrogens (tertiary/aromatic N) is 1. The van der Waals surface area contributed by atoms with Gasteiger partial charge in [0.1, 0.15) is 30.6 Å². The van der Waals surface area contributed by atoms with E-state index in [1.807, 2.05) is 61.5 Å². The van der Waals surface area contributed by atoms with Crippen molar-refractivity contribution < 1.29 is 19.0 Å². The average molecular weight is 699 g/mol. The lowest BCUT2D eigenvalue weighted by Gasteiger charge is -2.15. The topological polar surface area (TPSA) is 80.6 Å². The molecule has 41 heavy (non-hydrogen) atoms. The SMILES string of the molecule is CCOc1cc(/C=C(\C#N)C(=O)Nc2ccc(OCc3ccc(Cl)cc3)cc2)cc(I)c1OCc1cccc(Cl)c1. The third-order valence-electron chi connectivity index (χ3n) is 5.71. The summed E-state index contributed by atoms with van der Waals surface area (Å²) in [6, 6.07) is 27.3. The van der Waals surface area contributed by atoms with E-state index < -0.39 is 5.91 Å². The number of halogens is 3. The first kappa shape index (κ1) is 30.3.